The van der Waals surface area contributed by atoms with Crippen molar-refractivity contribution in [3.05, 3.63) is 73.0 Å². The average molecular weight is 734 g/mol. The summed E-state index contributed by atoms with van der Waals surface area (Å²) in [6.45, 7) is 12.0. The number of allylic oxidation sites excluding steroid dienone is 8. The van der Waals surface area contributed by atoms with Crippen molar-refractivity contribution in [3.8, 4) is 0 Å². The van der Waals surface area contributed by atoms with Crippen LogP contribution in [0.5, 0.6) is 0 Å². The van der Waals surface area contributed by atoms with E-state index in [1.54, 1.807) is 0 Å². The summed E-state index contributed by atoms with van der Waals surface area (Å²) in [6, 6.07) is 6.20. The zero-order chi connectivity index (χ0) is 37.5. The summed E-state index contributed by atoms with van der Waals surface area (Å²) in [7, 11) is 0. The van der Waals surface area contributed by atoms with Gasteiger partial charge in [0.15, 0.2) is 0 Å². The molecular formula is C48H83N3O2. The van der Waals surface area contributed by atoms with Gasteiger partial charge in [-0.25, -0.2) is 4.98 Å². The van der Waals surface area contributed by atoms with E-state index >= 15 is 0 Å². The maximum absolute atomic E-state index is 6.49. The lowest BCUT2D eigenvalue weighted by Crippen LogP contribution is -2.49. The molecule has 1 aliphatic heterocycles. The van der Waals surface area contributed by atoms with Gasteiger partial charge in [-0.3, -0.25) is 4.90 Å². The summed E-state index contributed by atoms with van der Waals surface area (Å²) in [5, 5.41) is 0. The van der Waals surface area contributed by atoms with Gasteiger partial charge in [-0.1, -0.05) is 146 Å². The van der Waals surface area contributed by atoms with E-state index in [2.05, 4.69) is 89.4 Å². The summed E-state index contributed by atoms with van der Waals surface area (Å²) in [5.74, 6) is 1.09. The van der Waals surface area contributed by atoms with Gasteiger partial charge in [0.2, 0.25) is 0 Å². The van der Waals surface area contributed by atoms with Crippen LogP contribution in [0.2, 0.25) is 0 Å². The highest BCUT2D eigenvalue weighted by atomic mass is 16.5. The molecule has 1 atom stereocenters. The first-order valence-corrected chi connectivity index (χ1v) is 22.5. The first-order chi connectivity index (χ1) is 26.3. The Hall–Kier alpha value is -2.21. The number of piperazine rings is 1. The third-order valence-corrected chi connectivity index (χ3v) is 10.3. The van der Waals surface area contributed by atoms with Crippen LogP contribution in [0, 0.1) is 0 Å². The van der Waals surface area contributed by atoms with E-state index in [0.29, 0.717) is 6.61 Å². The quantitative estimate of drug-likeness (QED) is 0.0507. The Balaban J connectivity index is 1.54. The Morgan fingerprint density at radius 3 is 1.57 bits per heavy atom. The number of nitrogens with zero attached hydrogens (tertiary/aromatic N) is 3. The lowest BCUT2D eigenvalue weighted by molar-refractivity contribution is -0.0349. The summed E-state index contributed by atoms with van der Waals surface area (Å²) >= 11 is 0. The first-order valence-electron chi connectivity index (χ1n) is 22.5. The van der Waals surface area contributed by atoms with Gasteiger partial charge in [-0.2, -0.15) is 0 Å². The second-order valence-corrected chi connectivity index (χ2v) is 15.2. The van der Waals surface area contributed by atoms with E-state index < -0.39 is 0 Å². The zero-order valence-corrected chi connectivity index (χ0v) is 34.8. The number of rotatable bonds is 36. The molecule has 0 N–H and O–H groups in total. The van der Waals surface area contributed by atoms with Crippen molar-refractivity contribution in [3.63, 3.8) is 0 Å². The Bertz CT molecular complexity index is 1010. The molecule has 1 fully saturated rings. The average Bonchev–Trinajstić information content (AvgIpc) is 3.19. The van der Waals surface area contributed by atoms with Gasteiger partial charge < -0.3 is 14.4 Å². The Kier molecular flexibility index (Phi) is 32.6. The van der Waals surface area contributed by atoms with E-state index in [-0.39, 0.29) is 6.10 Å². The Morgan fingerprint density at radius 2 is 1.06 bits per heavy atom. The van der Waals surface area contributed by atoms with Gasteiger partial charge in [-0.15, -0.1) is 0 Å². The van der Waals surface area contributed by atoms with Crippen molar-refractivity contribution in [1.29, 1.82) is 0 Å². The normalized spacial score (nSPS) is 14.9. The summed E-state index contributed by atoms with van der Waals surface area (Å²) in [4.78, 5) is 9.52. The van der Waals surface area contributed by atoms with E-state index in [1.165, 1.54) is 128 Å². The summed E-state index contributed by atoms with van der Waals surface area (Å²) in [6.07, 6.45) is 51.4. The molecule has 0 bridgehead atoms. The van der Waals surface area contributed by atoms with Crippen molar-refractivity contribution in [1.82, 2.24) is 9.88 Å². The van der Waals surface area contributed by atoms with Crippen LogP contribution < -0.4 is 4.90 Å². The fraction of sp³-hybridized carbons (Fsp3) is 0.729. The molecule has 1 aliphatic rings. The number of pyridine rings is 1. The smallest absolute Gasteiger partial charge is 0.128 e. The molecule has 53 heavy (non-hydrogen) atoms. The van der Waals surface area contributed by atoms with Crippen LogP contribution in [0.4, 0.5) is 5.82 Å². The Morgan fingerprint density at radius 1 is 0.566 bits per heavy atom. The molecular weight excluding hydrogens is 651 g/mol. The van der Waals surface area contributed by atoms with Crippen LogP contribution >= 0.6 is 0 Å². The molecule has 5 heteroatoms. The molecule has 1 aromatic rings. The minimum Gasteiger partial charge on any atom is -0.379 e. The third-order valence-electron chi connectivity index (χ3n) is 10.3. The first kappa shape index (κ1) is 46.9. The number of unbranched alkanes of at least 4 members (excludes halogenated alkanes) is 18. The molecule has 0 amide bonds. The fourth-order valence-corrected chi connectivity index (χ4v) is 6.89. The number of anilines is 1. The van der Waals surface area contributed by atoms with Gasteiger partial charge in [0.1, 0.15) is 5.82 Å². The van der Waals surface area contributed by atoms with Crippen molar-refractivity contribution >= 4 is 5.82 Å². The van der Waals surface area contributed by atoms with Crippen molar-refractivity contribution in [2.45, 2.75) is 174 Å². The fourth-order valence-electron chi connectivity index (χ4n) is 6.89. The van der Waals surface area contributed by atoms with Gasteiger partial charge >= 0.3 is 0 Å². The molecule has 302 valence electrons. The van der Waals surface area contributed by atoms with Crippen LogP contribution in [0.3, 0.4) is 0 Å². The highest BCUT2D eigenvalue weighted by molar-refractivity contribution is 5.38. The minimum atomic E-state index is 0.152. The van der Waals surface area contributed by atoms with Gasteiger partial charge in [0, 0.05) is 52.1 Å². The second-order valence-electron chi connectivity index (χ2n) is 15.2. The predicted molar refractivity (Wildman–Crippen MR) is 232 cm³/mol. The molecule has 1 unspecified atom stereocenters. The lowest BCUT2D eigenvalue weighted by Gasteiger charge is -2.37. The highest BCUT2D eigenvalue weighted by Gasteiger charge is 2.21. The monoisotopic (exact) mass is 734 g/mol. The molecule has 0 aliphatic carbocycles. The lowest BCUT2D eigenvalue weighted by atomic mass is 10.1. The highest BCUT2D eigenvalue weighted by Crippen LogP contribution is 2.15. The summed E-state index contributed by atoms with van der Waals surface area (Å²) < 4.78 is 12.7. The van der Waals surface area contributed by atoms with Crippen LogP contribution in [-0.2, 0) is 9.47 Å². The van der Waals surface area contributed by atoms with E-state index in [9.17, 15) is 0 Å². The second kappa shape index (κ2) is 36.8. The SMILES string of the molecule is CCCCCC=CCC=CCCCCCCCCOCC(CN1CCN(c2ccccn2)CC1)OCCCCCCCCC=CCC=CCCCCC. The molecule has 2 rings (SSSR count). The van der Waals surface area contributed by atoms with Crippen LogP contribution in [0.25, 0.3) is 0 Å². The third kappa shape index (κ3) is 28.8. The largest absolute Gasteiger partial charge is 0.379 e. The van der Waals surface area contributed by atoms with Crippen molar-refractivity contribution in [2.24, 2.45) is 0 Å². The van der Waals surface area contributed by atoms with E-state index in [1.807, 2.05) is 12.3 Å². The van der Waals surface area contributed by atoms with Crippen molar-refractivity contribution < 1.29 is 9.47 Å². The predicted octanol–water partition coefficient (Wildman–Crippen LogP) is 13.2. The molecule has 1 aromatic heterocycles. The number of aromatic nitrogens is 1. The molecule has 0 spiro atoms. The molecule has 0 aromatic carbocycles. The number of ether oxygens (including phenoxy) is 2. The molecule has 2 heterocycles. The topological polar surface area (TPSA) is 37.8 Å². The van der Waals surface area contributed by atoms with Gasteiger partial charge in [0.05, 0.1) is 12.7 Å². The van der Waals surface area contributed by atoms with Crippen LogP contribution in [-0.4, -0.2) is 68.5 Å². The number of hydrogen-bond donors (Lipinski definition) is 0. The van der Waals surface area contributed by atoms with Crippen LogP contribution in [0.1, 0.15) is 168 Å². The molecule has 5 nitrogen and oxygen atoms in total. The molecule has 0 radical (unpaired) electrons. The zero-order valence-electron chi connectivity index (χ0n) is 34.8. The number of hydrogen-bond acceptors (Lipinski definition) is 5. The van der Waals surface area contributed by atoms with E-state index in [0.717, 1.165) is 77.4 Å². The molecule has 0 saturated carbocycles. The maximum Gasteiger partial charge on any atom is 0.128 e. The Labute approximate surface area is 328 Å². The maximum atomic E-state index is 6.49. The van der Waals surface area contributed by atoms with Crippen LogP contribution in [0.15, 0.2) is 73.0 Å². The van der Waals surface area contributed by atoms with Gasteiger partial charge in [-0.05, 0) is 89.2 Å². The van der Waals surface area contributed by atoms with Gasteiger partial charge in [0.25, 0.3) is 0 Å². The van der Waals surface area contributed by atoms with Crippen molar-refractivity contribution in [2.75, 3.05) is 57.4 Å². The van der Waals surface area contributed by atoms with E-state index in [4.69, 9.17) is 9.47 Å². The molecule has 1 saturated heterocycles. The minimum absolute atomic E-state index is 0.152. The summed E-state index contributed by atoms with van der Waals surface area (Å²) in [5.41, 5.74) is 0. The standard InChI is InChI=1S/C48H83N3O2/c1-3-5-7-9-11-13-15-17-19-21-23-25-27-29-31-35-43-52-46-47(45-50-39-41-51(42-40-50)48-37-33-34-38-49-48)53-44-36-32-30-28-26-24-22-20-18-16-14-12-10-8-6-4-2/h11-14,17-20,33-34,37-38,47H,3-10,15-16,21-32,35-36,39-46H2,1-2H3.